The van der Waals surface area contributed by atoms with E-state index >= 15 is 0 Å². The number of ether oxygens (including phenoxy) is 1. The van der Waals surface area contributed by atoms with Gasteiger partial charge in [-0.05, 0) is 111 Å². The average molecular weight is 646 g/mol. The van der Waals surface area contributed by atoms with Crippen molar-refractivity contribution in [3.8, 4) is 5.75 Å². The second kappa shape index (κ2) is 16.1. The van der Waals surface area contributed by atoms with Crippen LogP contribution in [0.5, 0.6) is 5.75 Å². The van der Waals surface area contributed by atoms with Gasteiger partial charge in [-0.1, -0.05) is 71.7 Å². The number of hydrazone groups is 1. The van der Waals surface area contributed by atoms with Crippen LogP contribution in [0.4, 0.5) is 0 Å². The monoisotopic (exact) mass is 645 g/mol. The van der Waals surface area contributed by atoms with Crippen LogP contribution in [0, 0.1) is 23.2 Å². The number of amides is 1. The Morgan fingerprint density at radius 1 is 1.09 bits per heavy atom. The van der Waals surface area contributed by atoms with Gasteiger partial charge in [-0.15, -0.1) is 0 Å². The predicted octanol–water partition coefficient (Wildman–Crippen LogP) is 6.79. The van der Waals surface area contributed by atoms with Gasteiger partial charge in [-0.3, -0.25) is 14.7 Å². The van der Waals surface area contributed by atoms with E-state index in [0.717, 1.165) is 61.7 Å². The predicted molar refractivity (Wildman–Crippen MR) is 193 cm³/mol. The normalized spacial score (nSPS) is 23.0. The molecule has 9 heteroatoms. The van der Waals surface area contributed by atoms with Gasteiger partial charge in [0.15, 0.2) is 0 Å². The first-order chi connectivity index (χ1) is 22.3. The molecule has 47 heavy (non-hydrogen) atoms. The van der Waals surface area contributed by atoms with Crippen molar-refractivity contribution in [2.75, 3.05) is 20.2 Å². The molecule has 0 aliphatic heterocycles. The van der Waals surface area contributed by atoms with Crippen molar-refractivity contribution >= 4 is 17.5 Å². The van der Waals surface area contributed by atoms with Crippen molar-refractivity contribution in [3.05, 3.63) is 65.2 Å². The van der Waals surface area contributed by atoms with Crippen molar-refractivity contribution in [1.29, 1.82) is 0 Å². The Balaban J connectivity index is 1.64. The molecule has 2 aromatic rings. The zero-order valence-electron chi connectivity index (χ0n) is 29.8. The topological polar surface area (TPSA) is 130 Å². The number of amidine groups is 1. The van der Waals surface area contributed by atoms with Crippen LogP contribution in [0.15, 0.2) is 58.6 Å². The van der Waals surface area contributed by atoms with Crippen molar-refractivity contribution in [2.24, 2.45) is 44.8 Å². The molecule has 2 aliphatic carbocycles. The Kier molecular flexibility index (Phi) is 12.5. The lowest BCUT2D eigenvalue weighted by atomic mass is 9.74. The average Bonchev–Trinajstić information content (AvgIpc) is 3.84. The summed E-state index contributed by atoms with van der Waals surface area (Å²) in [4.78, 5) is 21.1. The highest BCUT2D eigenvalue weighted by atomic mass is 16.5. The van der Waals surface area contributed by atoms with Crippen LogP contribution in [0.25, 0.3) is 0 Å². The number of carbonyl (C=O) groups excluding carboxylic acids is 1. The summed E-state index contributed by atoms with van der Waals surface area (Å²) in [7, 11) is 2.26. The molecular formula is C38H59N7O2. The summed E-state index contributed by atoms with van der Waals surface area (Å²) >= 11 is 0. The largest absolute Gasteiger partial charge is 0.494 e. The Morgan fingerprint density at radius 3 is 2.38 bits per heavy atom. The maximum atomic E-state index is 12.9. The maximum Gasteiger partial charge on any atom is 0.251 e. The summed E-state index contributed by atoms with van der Waals surface area (Å²) in [6.07, 6.45) is 9.07. The number of benzene rings is 2. The fraction of sp³-hybridized carbons (Fsp3) is 0.605. The molecule has 4 rings (SSSR count). The molecule has 2 saturated carbocycles. The number of nitrogens with two attached hydrogens (primary N) is 2. The number of nitrogens with one attached hydrogen (secondary N) is 2. The minimum absolute atomic E-state index is 0.105. The minimum atomic E-state index is -0.365. The van der Waals surface area contributed by atoms with Crippen LogP contribution >= 0.6 is 0 Å². The lowest BCUT2D eigenvalue weighted by Crippen LogP contribution is -2.51. The Labute approximate surface area is 283 Å². The number of rotatable bonds is 15. The van der Waals surface area contributed by atoms with E-state index in [4.69, 9.17) is 21.3 Å². The van der Waals surface area contributed by atoms with Gasteiger partial charge >= 0.3 is 0 Å². The molecule has 0 bridgehead atoms. The summed E-state index contributed by atoms with van der Waals surface area (Å²) in [5.74, 6) is 8.05. The number of nitrogens with zero attached hydrogens (tertiary/aromatic N) is 3. The van der Waals surface area contributed by atoms with Gasteiger partial charge < -0.3 is 15.8 Å². The summed E-state index contributed by atoms with van der Waals surface area (Å²) in [5, 5.41) is 6.50. The number of hydrazine groups is 1. The molecule has 0 spiro atoms. The highest BCUT2D eigenvalue weighted by Crippen LogP contribution is 2.45. The molecule has 3 unspecified atom stereocenters. The molecule has 6 N–H and O–H groups in total. The molecule has 2 aliphatic rings. The van der Waals surface area contributed by atoms with Gasteiger partial charge in [-0.25, -0.2) is 11.4 Å². The van der Waals surface area contributed by atoms with Crippen molar-refractivity contribution < 1.29 is 9.53 Å². The Morgan fingerprint density at radius 2 is 1.77 bits per heavy atom. The van der Waals surface area contributed by atoms with Crippen LogP contribution in [-0.2, 0) is 0 Å². The summed E-state index contributed by atoms with van der Waals surface area (Å²) < 4.78 is 6.15. The highest BCUT2D eigenvalue weighted by Gasteiger charge is 2.44. The van der Waals surface area contributed by atoms with Gasteiger partial charge in [0.1, 0.15) is 17.2 Å². The second-order valence-corrected chi connectivity index (χ2v) is 15.4. The van der Waals surface area contributed by atoms with E-state index in [1.807, 2.05) is 12.1 Å². The van der Waals surface area contributed by atoms with Crippen molar-refractivity contribution in [1.82, 2.24) is 15.8 Å². The second-order valence-electron chi connectivity index (χ2n) is 15.4. The molecule has 2 fully saturated rings. The van der Waals surface area contributed by atoms with Crippen LogP contribution in [0.2, 0.25) is 0 Å². The standard InChI is InChI=1S/C38H59N7O2/c1-26-21-27(2)24-38(23-26,42-28(3)32-9-8-10-33(22-32)47-20-18-29-11-12-29)45(7)34(17-19-37(4,5)6)30-13-15-31(16-14-30)36(46)41-25-35(39)43-44-40/h8-10,13-16,22,26-27,29,34,44H,11-12,17-21,23-25,40H2,1-7H3,(H2,39,43)(H,41,46)/b42-28+. The fourth-order valence-electron chi connectivity index (χ4n) is 7.14. The number of carbonyl (C=O) groups is 1. The van der Waals surface area contributed by atoms with E-state index in [1.54, 1.807) is 0 Å². The molecule has 0 aromatic heterocycles. The lowest BCUT2D eigenvalue weighted by molar-refractivity contribution is 0.00255. The Hall–Kier alpha value is -3.43. The van der Waals surface area contributed by atoms with Crippen LogP contribution in [-0.4, -0.2) is 48.2 Å². The number of aliphatic imine (C=N–C) groups is 1. The van der Waals surface area contributed by atoms with E-state index in [1.165, 1.54) is 24.8 Å². The molecule has 0 heterocycles. The van der Waals surface area contributed by atoms with Crippen LogP contribution in [0.3, 0.4) is 0 Å². The molecule has 2 aromatic carbocycles. The minimum Gasteiger partial charge on any atom is -0.494 e. The molecule has 0 radical (unpaired) electrons. The van der Waals surface area contributed by atoms with E-state index in [9.17, 15) is 4.79 Å². The van der Waals surface area contributed by atoms with Gasteiger partial charge in [0, 0.05) is 17.3 Å². The first-order valence-corrected chi connectivity index (χ1v) is 17.5. The summed E-state index contributed by atoms with van der Waals surface area (Å²) in [5.41, 5.74) is 11.6. The third-order valence-electron chi connectivity index (χ3n) is 9.76. The Bertz CT molecular complexity index is 1370. The van der Waals surface area contributed by atoms with E-state index in [0.29, 0.717) is 17.4 Å². The highest BCUT2D eigenvalue weighted by molar-refractivity contribution is 5.99. The van der Waals surface area contributed by atoms with Gasteiger partial charge in [0.2, 0.25) is 0 Å². The maximum absolute atomic E-state index is 12.9. The number of hydrogen-bond donors (Lipinski definition) is 4. The van der Waals surface area contributed by atoms with Gasteiger partial charge in [0.25, 0.3) is 5.91 Å². The summed E-state index contributed by atoms with van der Waals surface area (Å²) in [6.45, 7) is 14.7. The van der Waals surface area contributed by atoms with Crippen LogP contribution < -0.4 is 27.2 Å². The van der Waals surface area contributed by atoms with Gasteiger partial charge in [0.05, 0.1) is 13.2 Å². The first kappa shape index (κ1) is 36.4. The quantitative estimate of drug-likeness (QED) is 0.0730. The van der Waals surface area contributed by atoms with Crippen molar-refractivity contribution in [3.63, 3.8) is 0 Å². The van der Waals surface area contributed by atoms with Crippen molar-refractivity contribution in [2.45, 2.75) is 105 Å². The SMILES string of the molecule is C/C(=N\C1(N(C)C(CCC(C)(C)C)c2ccc(C(=O)NC/C(N)=N/NN)cc2)CC(C)CC(C)C1)c1cccc(OCCC2CC2)c1. The zero-order chi connectivity index (χ0) is 34.2. The molecule has 3 atom stereocenters. The molecule has 258 valence electrons. The third-order valence-corrected chi connectivity index (χ3v) is 9.76. The van der Waals surface area contributed by atoms with Crippen LogP contribution in [0.1, 0.15) is 120 Å². The smallest absolute Gasteiger partial charge is 0.251 e. The molecular weight excluding hydrogens is 586 g/mol. The van der Waals surface area contributed by atoms with E-state index in [2.05, 4.69) is 106 Å². The first-order valence-electron chi connectivity index (χ1n) is 17.5. The molecule has 1 amide bonds. The molecule has 9 nitrogen and oxygen atoms in total. The number of hydrogen-bond acceptors (Lipinski definition) is 7. The third kappa shape index (κ3) is 10.8. The van der Waals surface area contributed by atoms with Gasteiger partial charge in [-0.2, -0.15) is 5.10 Å². The lowest BCUT2D eigenvalue weighted by Gasteiger charge is -2.49. The van der Waals surface area contributed by atoms with E-state index < -0.39 is 0 Å². The van der Waals surface area contributed by atoms with E-state index in [-0.39, 0.29) is 35.4 Å². The fourth-order valence-corrected chi connectivity index (χ4v) is 7.14. The molecule has 0 saturated heterocycles. The zero-order valence-corrected chi connectivity index (χ0v) is 29.8. The summed E-state index contributed by atoms with van der Waals surface area (Å²) in [6, 6.07) is 16.6.